The standard InChI is InChI=1S/C17H21ClN4O2/c1-12(23)19-16-10-13(4-5-15(16)18)20-17(24)22-9-6-14(11-22)21-7-2-3-8-21/h2-5,10,14H,6-9,11H2,1H3,(H,19,23)(H,20,24)/t14-/m0/s1. The molecule has 1 aromatic rings. The van der Waals surface area contributed by atoms with E-state index in [1.54, 1.807) is 18.2 Å². The molecule has 1 atom stereocenters. The molecule has 1 fully saturated rings. The number of anilines is 2. The summed E-state index contributed by atoms with van der Waals surface area (Å²) in [4.78, 5) is 27.9. The first-order valence-corrected chi connectivity index (χ1v) is 8.43. The fourth-order valence-corrected chi connectivity index (χ4v) is 3.27. The van der Waals surface area contributed by atoms with Crippen LogP contribution in [0.15, 0.2) is 30.4 Å². The largest absolute Gasteiger partial charge is 0.325 e. The molecule has 0 radical (unpaired) electrons. The minimum Gasteiger partial charge on any atom is -0.325 e. The first-order valence-electron chi connectivity index (χ1n) is 8.05. The number of hydrogen-bond donors (Lipinski definition) is 2. The summed E-state index contributed by atoms with van der Waals surface area (Å²) < 4.78 is 0. The molecule has 7 heteroatoms. The number of benzene rings is 1. The van der Waals surface area contributed by atoms with Crippen LogP contribution in [0.3, 0.4) is 0 Å². The summed E-state index contributed by atoms with van der Waals surface area (Å²) in [6.07, 6.45) is 5.33. The Morgan fingerprint density at radius 2 is 1.96 bits per heavy atom. The highest BCUT2D eigenvalue weighted by molar-refractivity contribution is 6.33. The second-order valence-corrected chi connectivity index (χ2v) is 6.53. The first kappa shape index (κ1) is 16.8. The van der Waals surface area contributed by atoms with E-state index < -0.39 is 0 Å². The van der Waals surface area contributed by atoms with Gasteiger partial charge in [0.25, 0.3) is 0 Å². The molecule has 0 aliphatic carbocycles. The molecule has 128 valence electrons. The molecule has 1 saturated heterocycles. The number of urea groups is 1. The molecule has 0 aromatic heterocycles. The highest BCUT2D eigenvalue weighted by Gasteiger charge is 2.30. The zero-order valence-corrected chi connectivity index (χ0v) is 14.3. The lowest BCUT2D eigenvalue weighted by atomic mass is 10.2. The van der Waals surface area contributed by atoms with Crippen molar-refractivity contribution in [2.75, 3.05) is 36.8 Å². The number of carbonyl (C=O) groups excluding carboxylic acids is 2. The Labute approximate surface area is 146 Å². The predicted octanol–water partition coefficient (Wildman–Crippen LogP) is 2.78. The number of rotatable bonds is 3. The Bertz CT molecular complexity index is 669. The smallest absolute Gasteiger partial charge is 0.321 e. The van der Waals surface area contributed by atoms with Crippen LogP contribution in [0.2, 0.25) is 5.02 Å². The molecule has 0 saturated carbocycles. The van der Waals surface area contributed by atoms with Gasteiger partial charge in [-0.25, -0.2) is 4.79 Å². The number of carbonyl (C=O) groups is 2. The van der Waals surface area contributed by atoms with Crippen LogP contribution in [0.1, 0.15) is 13.3 Å². The minimum atomic E-state index is -0.206. The Morgan fingerprint density at radius 3 is 2.67 bits per heavy atom. The Balaban J connectivity index is 1.59. The van der Waals surface area contributed by atoms with Gasteiger partial charge >= 0.3 is 6.03 Å². The van der Waals surface area contributed by atoms with Crippen molar-refractivity contribution in [1.29, 1.82) is 0 Å². The van der Waals surface area contributed by atoms with Crippen molar-refractivity contribution in [1.82, 2.24) is 9.80 Å². The van der Waals surface area contributed by atoms with E-state index in [1.807, 2.05) is 4.90 Å². The number of nitrogens with zero attached hydrogens (tertiary/aromatic N) is 2. The monoisotopic (exact) mass is 348 g/mol. The van der Waals surface area contributed by atoms with Gasteiger partial charge in [-0.1, -0.05) is 23.8 Å². The van der Waals surface area contributed by atoms with Gasteiger partial charge in [-0.15, -0.1) is 0 Å². The Kier molecular flexibility index (Phi) is 5.06. The second-order valence-electron chi connectivity index (χ2n) is 6.12. The SMILES string of the molecule is CC(=O)Nc1cc(NC(=O)N2CC[C@H](N3CC=CC3)C2)ccc1Cl. The molecule has 0 unspecified atom stereocenters. The fraction of sp³-hybridized carbons (Fsp3) is 0.412. The number of amides is 3. The van der Waals surface area contributed by atoms with E-state index in [9.17, 15) is 9.59 Å². The Morgan fingerprint density at radius 1 is 1.21 bits per heavy atom. The third-order valence-corrected chi connectivity index (χ3v) is 4.67. The van der Waals surface area contributed by atoms with Gasteiger partial charge < -0.3 is 15.5 Å². The van der Waals surface area contributed by atoms with Gasteiger partial charge in [0.2, 0.25) is 5.91 Å². The van der Waals surface area contributed by atoms with Crippen molar-refractivity contribution >= 4 is 34.9 Å². The lowest BCUT2D eigenvalue weighted by Gasteiger charge is -2.23. The summed E-state index contributed by atoms with van der Waals surface area (Å²) in [6, 6.07) is 5.35. The van der Waals surface area contributed by atoms with Gasteiger partial charge in [-0.2, -0.15) is 0 Å². The van der Waals surface area contributed by atoms with Crippen molar-refractivity contribution in [2.24, 2.45) is 0 Å². The average Bonchev–Trinajstić information content (AvgIpc) is 3.20. The second kappa shape index (κ2) is 7.23. The van der Waals surface area contributed by atoms with Gasteiger partial charge in [0.15, 0.2) is 0 Å². The summed E-state index contributed by atoms with van der Waals surface area (Å²) >= 11 is 6.05. The van der Waals surface area contributed by atoms with Crippen LogP contribution in [0.4, 0.5) is 16.2 Å². The van der Waals surface area contributed by atoms with Crippen LogP contribution in [-0.2, 0) is 4.79 Å². The number of hydrogen-bond acceptors (Lipinski definition) is 3. The van der Waals surface area contributed by atoms with Crippen LogP contribution in [0.5, 0.6) is 0 Å². The minimum absolute atomic E-state index is 0.124. The molecular formula is C17H21ClN4O2. The molecule has 2 aliphatic rings. The van der Waals surface area contributed by atoms with E-state index >= 15 is 0 Å². The van der Waals surface area contributed by atoms with Gasteiger partial charge in [-0.3, -0.25) is 9.69 Å². The van der Waals surface area contributed by atoms with Gasteiger partial charge in [0.05, 0.1) is 10.7 Å². The van der Waals surface area contributed by atoms with E-state index in [-0.39, 0.29) is 11.9 Å². The fourth-order valence-electron chi connectivity index (χ4n) is 3.11. The van der Waals surface area contributed by atoms with E-state index in [0.717, 1.165) is 32.6 Å². The summed E-state index contributed by atoms with van der Waals surface area (Å²) in [5.41, 5.74) is 1.10. The van der Waals surface area contributed by atoms with Gasteiger partial charge in [0, 0.05) is 44.8 Å². The van der Waals surface area contributed by atoms with Crippen LogP contribution < -0.4 is 10.6 Å². The number of halogens is 1. The maximum atomic E-state index is 12.5. The molecule has 6 nitrogen and oxygen atoms in total. The third-order valence-electron chi connectivity index (χ3n) is 4.34. The zero-order chi connectivity index (χ0) is 17.1. The predicted molar refractivity (Wildman–Crippen MR) is 95.5 cm³/mol. The van der Waals surface area contributed by atoms with Crippen LogP contribution in [0.25, 0.3) is 0 Å². The maximum Gasteiger partial charge on any atom is 0.321 e. The summed E-state index contributed by atoms with van der Waals surface area (Å²) in [7, 11) is 0. The van der Waals surface area contributed by atoms with E-state index in [4.69, 9.17) is 11.6 Å². The lowest BCUT2D eigenvalue weighted by molar-refractivity contribution is -0.114. The molecule has 1 aromatic carbocycles. The highest BCUT2D eigenvalue weighted by Crippen LogP contribution is 2.26. The molecule has 3 rings (SSSR count). The third kappa shape index (κ3) is 3.88. The summed E-state index contributed by atoms with van der Waals surface area (Å²) in [5.74, 6) is -0.206. The summed E-state index contributed by atoms with van der Waals surface area (Å²) in [6.45, 7) is 4.84. The maximum absolute atomic E-state index is 12.5. The first-order chi connectivity index (χ1) is 11.5. The van der Waals surface area contributed by atoms with E-state index in [1.165, 1.54) is 6.92 Å². The molecule has 0 spiro atoms. The number of likely N-dealkylation sites (tertiary alicyclic amines) is 1. The quantitative estimate of drug-likeness (QED) is 0.825. The Hall–Kier alpha value is -2.05. The number of nitrogens with one attached hydrogen (secondary N) is 2. The van der Waals surface area contributed by atoms with Crippen LogP contribution in [-0.4, -0.2) is 54.0 Å². The molecule has 0 bridgehead atoms. The molecule has 2 N–H and O–H groups in total. The topological polar surface area (TPSA) is 64.7 Å². The van der Waals surface area contributed by atoms with Crippen LogP contribution in [0, 0.1) is 0 Å². The van der Waals surface area contributed by atoms with Gasteiger partial charge in [-0.05, 0) is 24.6 Å². The van der Waals surface area contributed by atoms with Crippen molar-refractivity contribution in [2.45, 2.75) is 19.4 Å². The molecular weight excluding hydrogens is 328 g/mol. The lowest BCUT2D eigenvalue weighted by Crippen LogP contribution is -2.38. The van der Waals surface area contributed by atoms with Crippen molar-refractivity contribution in [3.05, 3.63) is 35.4 Å². The van der Waals surface area contributed by atoms with Crippen molar-refractivity contribution in [3.63, 3.8) is 0 Å². The highest BCUT2D eigenvalue weighted by atomic mass is 35.5. The molecule has 24 heavy (non-hydrogen) atoms. The normalized spacial score (nSPS) is 20.4. The van der Waals surface area contributed by atoms with Crippen molar-refractivity contribution in [3.8, 4) is 0 Å². The van der Waals surface area contributed by atoms with E-state index in [2.05, 4.69) is 27.7 Å². The molecule has 2 heterocycles. The summed E-state index contributed by atoms with van der Waals surface area (Å²) in [5, 5.41) is 5.97. The molecule has 3 amide bonds. The van der Waals surface area contributed by atoms with Crippen LogP contribution >= 0.6 is 11.6 Å². The molecule has 2 aliphatic heterocycles. The average molecular weight is 349 g/mol. The zero-order valence-electron chi connectivity index (χ0n) is 13.6. The van der Waals surface area contributed by atoms with Crippen molar-refractivity contribution < 1.29 is 9.59 Å². The van der Waals surface area contributed by atoms with E-state index in [0.29, 0.717) is 22.4 Å². The van der Waals surface area contributed by atoms with Gasteiger partial charge in [0.1, 0.15) is 0 Å².